The van der Waals surface area contributed by atoms with Gasteiger partial charge in [0.15, 0.2) is 11.6 Å². The number of rotatable bonds is 6. The number of nitrogens with one attached hydrogen (secondary N) is 1. The maximum atomic E-state index is 9.03. The molecule has 2 atom stereocenters. The van der Waals surface area contributed by atoms with Crippen molar-refractivity contribution >= 4 is 0 Å². The number of ether oxygens (including phenoxy) is 1. The Kier molecular flexibility index (Phi) is 4.47. The molecule has 1 saturated carbocycles. The minimum absolute atomic E-state index is 0.355. The predicted molar refractivity (Wildman–Crippen MR) is 90.3 cm³/mol. The van der Waals surface area contributed by atoms with Crippen molar-refractivity contribution in [3.05, 3.63) is 41.2 Å². The summed E-state index contributed by atoms with van der Waals surface area (Å²) in [5, 5.41) is 16.5. The summed E-state index contributed by atoms with van der Waals surface area (Å²) in [6.07, 6.45) is 2.62. The van der Waals surface area contributed by atoms with Crippen LogP contribution in [0.2, 0.25) is 0 Å². The number of likely N-dealkylation sites (tertiary alicyclic amines) is 1. The van der Waals surface area contributed by atoms with Crippen LogP contribution < -0.4 is 0 Å². The third-order valence-electron chi connectivity index (χ3n) is 5.14. The maximum absolute atomic E-state index is 9.03. The molecule has 1 N–H and O–H groups in total. The molecule has 130 valence electrons. The van der Waals surface area contributed by atoms with Crippen molar-refractivity contribution in [3.8, 4) is 6.07 Å². The maximum Gasteiger partial charge on any atom is 0.155 e. The average Bonchev–Trinajstić information content (AvgIpc) is 3.23. The molecule has 0 bridgehead atoms. The van der Waals surface area contributed by atoms with E-state index in [4.69, 9.17) is 10.00 Å². The SMILES string of the molecule is COCc1nc([C@H]2CN(Cc3cccc(C#N)n3)C[C@@H]2C2CC2)n[nH]1. The second kappa shape index (κ2) is 6.90. The van der Waals surface area contributed by atoms with E-state index in [0.717, 1.165) is 42.9 Å². The second-order valence-corrected chi connectivity index (χ2v) is 7.00. The molecule has 1 aliphatic carbocycles. The second-order valence-electron chi connectivity index (χ2n) is 7.00. The van der Waals surface area contributed by atoms with Crippen LogP contribution >= 0.6 is 0 Å². The minimum atomic E-state index is 0.355. The quantitative estimate of drug-likeness (QED) is 0.864. The van der Waals surface area contributed by atoms with Crippen LogP contribution in [0.25, 0.3) is 0 Å². The molecule has 0 radical (unpaired) electrons. The fraction of sp³-hybridized carbons (Fsp3) is 0.556. The molecule has 7 heteroatoms. The van der Waals surface area contributed by atoms with Crippen molar-refractivity contribution < 1.29 is 4.74 Å². The van der Waals surface area contributed by atoms with E-state index in [9.17, 15) is 0 Å². The van der Waals surface area contributed by atoms with Crippen LogP contribution in [0.4, 0.5) is 0 Å². The number of hydrogen-bond acceptors (Lipinski definition) is 6. The monoisotopic (exact) mass is 338 g/mol. The van der Waals surface area contributed by atoms with Crippen LogP contribution in [0.15, 0.2) is 18.2 Å². The number of nitrogens with zero attached hydrogens (tertiary/aromatic N) is 5. The van der Waals surface area contributed by atoms with Gasteiger partial charge in [0.2, 0.25) is 0 Å². The normalized spacial score (nSPS) is 23.7. The zero-order valence-corrected chi connectivity index (χ0v) is 14.4. The van der Waals surface area contributed by atoms with E-state index in [1.165, 1.54) is 12.8 Å². The molecule has 3 heterocycles. The average molecular weight is 338 g/mol. The fourth-order valence-corrected chi connectivity index (χ4v) is 3.85. The number of nitriles is 1. The molecular weight excluding hydrogens is 316 g/mol. The summed E-state index contributed by atoms with van der Waals surface area (Å²) in [6.45, 7) is 3.21. The van der Waals surface area contributed by atoms with Crippen molar-refractivity contribution in [1.29, 1.82) is 5.26 Å². The van der Waals surface area contributed by atoms with Gasteiger partial charge in [-0.05, 0) is 36.8 Å². The summed E-state index contributed by atoms with van der Waals surface area (Å²) in [7, 11) is 1.66. The zero-order valence-electron chi connectivity index (χ0n) is 14.4. The van der Waals surface area contributed by atoms with E-state index >= 15 is 0 Å². The summed E-state index contributed by atoms with van der Waals surface area (Å²) < 4.78 is 5.13. The Labute approximate surface area is 147 Å². The topological polar surface area (TPSA) is 90.7 Å². The van der Waals surface area contributed by atoms with Crippen LogP contribution in [-0.2, 0) is 17.9 Å². The lowest BCUT2D eigenvalue weighted by Gasteiger charge is -2.15. The zero-order chi connectivity index (χ0) is 17.2. The fourth-order valence-electron chi connectivity index (χ4n) is 3.85. The highest BCUT2D eigenvalue weighted by Gasteiger charge is 2.44. The molecule has 1 saturated heterocycles. The first kappa shape index (κ1) is 16.2. The highest BCUT2D eigenvalue weighted by Crippen LogP contribution is 2.47. The van der Waals surface area contributed by atoms with Gasteiger partial charge in [0, 0.05) is 32.7 Å². The van der Waals surface area contributed by atoms with Crippen LogP contribution in [-0.4, -0.2) is 45.3 Å². The molecule has 7 nitrogen and oxygen atoms in total. The van der Waals surface area contributed by atoms with Gasteiger partial charge in [0.05, 0.1) is 5.69 Å². The molecule has 0 spiro atoms. The van der Waals surface area contributed by atoms with Gasteiger partial charge in [-0.15, -0.1) is 0 Å². The number of aromatic nitrogens is 4. The van der Waals surface area contributed by atoms with Gasteiger partial charge in [-0.3, -0.25) is 10.00 Å². The summed E-state index contributed by atoms with van der Waals surface area (Å²) in [4.78, 5) is 11.5. The van der Waals surface area contributed by atoms with Gasteiger partial charge in [0.1, 0.15) is 18.4 Å². The lowest BCUT2D eigenvalue weighted by Crippen LogP contribution is -2.21. The highest BCUT2D eigenvalue weighted by molar-refractivity contribution is 5.22. The van der Waals surface area contributed by atoms with Gasteiger partial charge in [0.25, 0.3) is 0 Å². The van der Waals surface area contributed by atoms with E-state index in [1.807, 2.05) is 12.1 Å². The van der Waals surface area contributed by atoms with Crippen molar-refractivity contribution in [2.45, 2.75) is 31.9 Å². The van der Waals surface area contributed by atoms with Gasteiger partial charge < -0.3 is 4.74 Å². The summed E-state index contributed by atoms with van der Waals surface area (Å²) in [5.74, 6) is 3.44. The number of H-pyrrole nitrogens is 1. The first-order chi connectivity index (χ1) is 12.3. The van der Waals surface area contributed by atoms with Gasteiger partial charge in [-0.2, -0.15) is 10.4 Å². The molecule has 0 aromatic carbocycles. The summed E-state index contributed by atoms with van der Waals surface area (Å²) in [5.41, 5.74) is 1.43. The number of methoxy groups -OCH3 is 1. The molecule has 25 heavy (non-hydrogen) atoms. The first-order valence-corrected chi connectivity index (χ1v) is 8.75. The number of aromatic amines is 1. The first-order valence-electron chi connectivity index (χ1n) is 8.75. The lowest BCUT2D eigenvalue weighted by atomic mass is 9.91. The molecule has 2 fully saturated rings. The van der Waals surface area contributed by atoms with Crippen LogP contribution in [0.5, 0.6) is 0 Å². The van der Waals surface area contributed by atoms with Crippen molar-refractivity contribution in [1.82, 2.24) is 25.1 Å². The third-order valence-corrected chi connectivity index (χ3v) is 5.14. The molecule has 4 rings (SSSR count). The molecule has 2 aromatic rings. The minimum Gasteiger partial charge on any atom is -0.377 e. The van der Waals surface area contributed by atoms with Gasteiger partial charge in [-0.25, -0.2) is 9.97 Å². The van der Waals surface area contributed by atoms with E-state index in [1.54, 1.807) is 13.2 Å². The molecule has 2 aromatic heterocycles. The predicted octanol–water partition coefficient (Wildman–Crippen LogP) is 1.84. The Morgan fingerprint density at radius 3 is 2.96 bits per heavy atom. The Bertz CT molecular complexity index is 778. The molecule has 1 aliphatic heterocycles. The van der Waals surface area contributed by atoms with E-state index in [2.05, 4.69) is 31.1 Å². The summed E-state index contributed by atoms with van der Waals surface area (Å²) in [6, 6.07) is 7.75. The van der Waals surface area contributed by atoms with Crippen LogP contribution in [0, 0.1) is 23.2 Å². The highest BCUT2D eigenvalue weighted by atomic mass is 16.5. The lowest BCUT2D eigenvalue weighted by molar-refractivity contribution is 0.178. The molecule has 0 unspecified atom stereocenters. The van der Waals surface area contributed by atoms with Crippen LogP contribution in [0.1, 0.15) is 41.8 Å². The summed E-state index contributed by atoms with van der Waals surface area (Å²) >= 11 is 0. The van der Waals surface area contributed by atoms with Crippen LogP contribution in [0.3, 0.4) is 0 Å². The molecule has 2 aliphatic rings. The van der Waals surface area contributed by atoms with Crippen molar-refractivity contribution in [3.63, 3.8) is 0 Å². The van der Waals surface area contributed by atoms with Crippen molar-refractivity contribution in [2.24, 2.45) is 11.8 Å². The standard InChI is InChI=1S/C18H22N6O/c1-25-11-17-21-18(23-22-17)16-10-24(9-15(16)12-5-6-12)8-14-4-2-3-13(7-19)20-14/h2-4,12,15-16H,5-6,8-11H2,1H3,(H,21,22,23)/t15-,16+/m1/s1. The number of hydrogen-bond donors (Lipinski definition) is 1. The Morgan fingerprint density at radius 2 is 2.20 bits per heavy atom. The smallest absolute Gasteiger partial charge is 0.155 e. The van der Waals surface area contributed by atoms with Crippen molar-refractivity contribution in [2.75, 3.05) is 20.2 Å². The Morgan fingerprint density at radius 1 is 1.32 bits per heavy atom. The van der Waals surface area contributed by atoms with Gasteiger partial charge >= 0.3 is 0 Å². The van der Waals surface area contributed by atoms with E-state index in [0.29, 0.717) is 24.1 Å². The van der Waals surface area contributed by atoms with E-state index < -0.39 is 0 Å². The third kappa shape index (κ3) is 3.55. The largest absolute Gasteiger partial charge is 0.377 e. The molecule has 0 amide bonds. The number of pyridine rings is 1. The Hall–Kier alpha value is -2.30. The molecular formula is C18H22N6O. The Balaban J connectivity index is 1.49. The van der Waals surface area contributed by atoms with Gasteiger partial charge in [-0.1, -0.05) is 6.07 Å². The van der Waals surface area contributed by atoms with E-state index in [-0.39, 0.29) is 0 Å².